The van der Waals surface area contributed by atoms with Crippen LogP contribution in [0.15, 0.2) is 36.4 Å². The van der Waals surface area contributed by atoms with Gasteiger partial charge >= 0.3 is 6.18 Å². The summed E-state index contributed by atoms with van der Waals surface area (Å²) in [6, 6.07) is 9.41. The fourth-order valence-electron chi connectivity index (χ4n) is 4.02. The molecular formula is C23H28F3N3O2. The number of alkyl halides is 3. The molecule has 0 bridgehead atoms. The van der Waals surface area contributed by atoms with E-state index in [2.05, 4.69) is 10.6 Å². The molecule has 1 amide bonds. The zero-order valence-corrected chi connectivity index (χ0v) is 17.7. The zero-order chi connectivity index (χ0) is 22.6. The van der Waals surface area contributed by atoms with Crippen LogP contribution in [0.1, 0.15) is 42.4 Å². The lowest BCUT2D eigenvalue weighted by Gasteiger charge is -2.29. The second-order valence-electron chi connectivity index (χ2n) is 7.97. The molecule has 2 aromatic rings. The van der Waals surface area contributed by atoms with Crippen LogP contribution in [0.25, 0.3) is 0 Å². The average molecular weight is 435 g/mol. The Kier molecular flexibility index (Phi) is 7.10. The first kappa shape index (κ1) is 22.9. The summed E-state index contributed by atoms with van der Waals surface area (Å²) in [6.45, 7) is 1.98. The largest absolute Gasteiger partial charge is 0.496 e. The van der Waals surface area contributed by atoms with Gasteiger partial charge in [-0.05, 0) is 56.4 Å². The van der Waals surface area contributed by atoms with Gasteiger partial charge in [-0.1, -0.05) is 12.1 Å². The van der Waals surface area contributed by atoms with Gasteiger partial charge in [0.05, 0.1) is 12.7 Å². The van der Waals surface area contributed by atoms with Gasteiger partial charge < -0.3 is 21.1 Å². The molecular weight excluding hydrogens is 407 g/mol. The van der Waals surface area contributed by atoms with Gasteiger partial charge in [-0.15, -0.1) is 0 Å². The van der Waals surface area contributed by atoms with E-state index in [-0.39, 0.29) is 35.7 Å². The number of anilines is 2. The average Bonchev–Trinajstić information content (AvgIpc) is 2.73. The predicted octanol–water partition coefficient (Wildman–Crippen LogP) is 4.89. The standard InChI is InChI=1S/C23H28F3N3O2/c1-14-6-9-17(12-21(14)31-2)29-22(30)15-7-10-16(11-8-15)28-13-18-19(23(24,25)26)4-3-5-20(18)27/h3-6,9,12,15-16,28H,7-8,10-11,13,27H2,1-2H3,(H,29,30). The van der Waals surface area contributed by atoms with Gasteiger partial charge in [-0.3, -0.25) is 4.79 Å². The first-order valence-corrected chi connectivity index (χ1v) is 10.3. The van der Waals surface area contributed by atoms with Crippen molar-refractivity contribution in [2.75, 3.05) is 18.2 Å². The molecule has 0 atom stereocenters. The normalized spacial score (nSPS) is 19.1. The number of nitrogen functional groups attached to an aromatic ring is 1. The van der Waals surface area contributed by atoms with Crippen molar-refractivity contribution < 1.29 is 22.7 Å². The minimum absolute atomic E-state index is 0.0454. The summed E-state index contributed by atoms with van der Waals surface area (Å²) in [5.41, 5.74) is 6.96. The molecule has 0 aromatic heterocycles. The van der Waals surface area contributed by atoms with E-state index in [0.29, 0.717) is 37.1 Å². The Hall–Kier alpha value is -2.74. The number of nitrogens with two attached hydrogens (primary N) is 1. The van der Waals surface area contributed by atoms with Crippen LogP contribution in [0.2, 0.25) is 0 Å². The Morgan fingerprint density at radius 3 is 2.52 bits per heavy atom. The summed E-state index contributed by atoms with van der Waals surface area (Å²) in [4.78, 5) is 12.6. The monoisotopic (exact) mass is 435 g/mol. The SMILES string of the molecule is COc1cc(NC(=O)C2CCC(NCc3c(N)cccc3C(F)(F)F)CC2)ccc1C. The number of halogens is 3. The number of nitrogens with one attached hydrogen (secondary N) is 2. The fourth-order valence-corrected chi connectivity index (χ4v) is 4.02. The number of rotatable bonds is 6. The molecule has 2 aromatic carbocycles. The quantitative estimate of drug-likeness (QED) is 0.565. The van der Waals surface area contributed by atoms with Crippen LogP contribution in [0.3, 0.4) is 0 Å². The Balaban J connectivity index is 1.53. The molecule has 8 heteroatoms. The number of carbonyl (C=O) groups is 1. The molecule has 1 aliphatic rings. The lowest BCUT2D eigenvalue weighted by Crippen LogP contribution is -2.36. The van der Waals surface area contributed by atoms with E-state index in [1.54, 1.807) is 13.2 Å². The number of benzene rings is 2. The Morgan fingerprint density at radius 1 is 1.16 bits per heavy atom. The van der Waals surface area contributed by atoms with Gasteiger partial charge in [0.2, 0.25) is 5.91 Å². The summed E-state index contributed by atoms with van der Waals surface area (Å²) < 4.78 is 45.0. The van der Waals surface area contributed by atoms with Crippen molar-refractivity contribution in [3.8, 4) is 5.75 Å². The maximum absolute atomic E-state index is 13.2. The van der Waals surface area contributed by atoms with Crippen molar-refractivity contribution in [3.63, 3.8) is 0 Å². The van der Waals surface area contributed by atoms with Crippen molar-refractivity contribution in [2.24, 2.45) is 5.92 Å². The van der Waals surface area contributed by atoms with E-state index in [4.69, 9.17) is 10.5 Å². The van der Waals surface area contributed by atoms with Crippen LogP contribution in [-0.4, -0.2) is 19.1 Å². The van der Waals surface area contributed by atoms with Crippen LogP contribution >= 0.6 is 0 Å². The molecule has 0 aliphatic heterocycles. The van der Waals surface area contributed by atoms with Crippen molar-refractivity contribution in [2.45, 2.75) is 51.4 Å². The third kappa shape index (κ3) is 5.70. The summed E-state index contributed by atoms with van der Waals surface area (Å²) >= 11 is 0. The first-order chi connectivity index (χ1) is 14.7. The van der Waals surface area contributed by atoms with Crippen LogP contribution in [0.4, 0.5) is 24.5 Å². The van der Waals surface area contributed by atoms with Gasteiger partial charge in [-0.2, -0.15) is 13.2 Å². The smallest absolute Gasteiger partial charge is 0.416 e. The molecule has 5 nitrogen and oxygen atoms in total. The third-order valence-electron chi connectivity index (χ3n) is 5.86. The molecule has 4 N–H and O–H groups in total. The number of hydrogen-bond acceptors (Lipinski definition) is 4. The summed E-state index contributed by atoms with van der Waals surface area (Å²) in [5, 5.41) is 6.13. The second-order valence-corrected chi connectivity index (χ2v) is 7.97. The van der Waals surface area contributed by atoms with E-state index in [1.165, 1.54) is 12.1 Å². The van der Waals surface area contributed by atoms with Crippen molar-refractivity contribution in [1.82, 2.24) is 5.32 Å². The molecule has 0 unspecified atom stereocenters. The Labute approximate surface area is 180 Å². The maximum Gasteiger partial charge on any atom is 0.416 e. The van der Waals surface area contributed by atoms with E-state index < -0.39 is 11.7 Å². The van der Waals surface area contributed by atoms with E-state index in [0.717, 1.165) is 11.6 Å². The highest BCUT2D eigenvalue weighted by Crippen LogP contribution is 2.35. The number of carbonyl (C=O) groups excluding carboxylic acids is 1. The van der Waals surface area contributed by atoms with Crippen LogP contribution in [0, 0.1) is 12.8 Å². The maximum atomic E-state index is 13.2. The molecule has 1 fully saturated rings. The van der Waals surface area contributed by atoms with E-state index in [9.17, 15) is 18.0 Å². The molecule has 0 spiro atoms. The summed E-state index contributed by atoms with van der Waals surface area (Å²) in [6.07, 6.45) is -1.68. The Bertz CT molecular complexity index is 923. The summed E-state index contributed by atoms with van der Waals surface area (Å²) in [7, 11) is 1.59. The highest BCUT2D eigenvalue weighted by Gasteiger charge is 2.34. The van der Waals surface area contributed by atoms with Gasteiger partial charge in [-0.25, -0.2) is 0 Å². The molecule has 3 rings (SSSR count). The second kappa shape index (κ2) is 9.60. The lowest BCUT2D eigenvalue weighted by atomic mass is 9.85. The number of ether oxygens (including phenoxy) is 1. The molecule has 1 saturated carbocycles. The molecule has 0 heterocycles. The van der Waals surface area contributed by atoms with Crippen LogP contribution in [0.5, 0.6) is 5.75 Å². The molecule has 0 radical (unpaired) electrons. The fraction of sp³-hybridized carbons (Fsp3) is 0.435. The third-order valence-corrected chi connectivity index (χ3v) is 5.86. The molecule has 0 saturated heterocycles. The predicted molar refractivity (Wildman–Crippen MR) is 115 cm³/mol. The highest BCUT2D eigenvalue weighted by molar-refractivity contribution is 5.92. The molecule has 168 valence electrons. The number of hydrogen-bond donors (Lipinski definition) is 3. The molecule has 1 aliphatic carbocycles. The van der Waals surface area contributed by atoms with Gasteiger partial charge in [0.1, 0.15) is 5.75 Å². The zero-order valence-electron chi connectivity index (χ0n) is 17.7. The number of amides is 1. The Morgan fingerprint density at radius 2 is 1.87 bits per heavy atom. The van der Waals surface area contributed by atoms with E-state index in [1.807, 2.05) is 19.1 Å². The van der Waals surface area contributed by atoms with Crippen molar-refractivity contribution in [1.29, 1.82) is 0 Å². The van der Waals surface area contributed by atoms with Gasteiger partial charge in [0, 0.05) is 41.5 Å². The van der Waals surface area contributed by atoms with Crippen molar-refractivity contribution >= 4 is 17.3 Å². The number of aryl methyl sites for hydroxylation is 1. The lowest BCUT2D eigenvalue weighted by molar-refractivity contribution is -0.138. The van der Waals surface area contributed by atoms with Crippen molar-refractivity contribution in [3.05, 3.63) is 53.1 Å². The van der Waals surface area contributed by atoms with Gasteiger partial charge in [0.15, 0.2) is 0 Å². The summed E-state index contributed by atoms with van der Waals surface area (Å²) in [5.74, 6) is 0.540. The minimum Gasteiger partial charge on any atom is -0.496 e. The number of methoxy groups -OCH3 is 1. The first-order valence-electron chi connectivity index (χ1n) is 10.3. The van der Waals surface area contributed by atoms with E-state index >= 15 is 0 Å². The van der Waals surface area contributed by atoms with Crippen LogP contribution < -0.4 is 21.1 Å². The van der Waals surface area contributed by atoms with Gasteiger partial charge in [0.25, 0.3) is 0 Å². The van der Waals surface area contributed by atoms with Crippen LogP contribution in [-0.2, 0) is 17.5 Å². The minimum atomic E-state index is -4.44. The highest BCUT2D eigenvalue weighted by atomic mass is 19.4. The topological polar surface area (TPSA) is 76.4 Å². The molecule has 31 heavy (non-hydrogen) atoms.